The van der Waals surface area contributed by atoms with Crippen molar-refractivity contribution in [3.8, 4) is 0 Å². The first-order valence-corrected chi connectivity index (χ1v) is 7.84. The van der Waals surface area contributed by atoms with Gasteiger partial charge in [0.25, 0.3) is 5.91 Å². The Morgan fingerprint density at radius 3 is 2.79 bits per heavy atom. The predicted octanol–water partition coefficient (Wildman–Crippen LogP) is 0.286. The van der Waals surface area contributed by atoms with Gasteiger partial charge in [0.05, 0.1) is 13.2 Å². The molecule has 1 aromatic rings. The van der Waals surface area contributed by atoms with Crippen LogP contribution in [0.5, 0.6) is 0 Å². The molecule has 1 aromatic carbocycles. The molecule has 8 nitrogen and oxygen atoms in total. The number of hydrogen-bond donors (Lipinski definition) is 1. The average molecular weight is 333 g/mol. The second kappa shape index (κ2) is 6.88. The molecule has 0 saturated carbocycles. The monoisotopic (exact) mass is 333 g/mol. The van der Waals surface area contributed by atoms with Crippen molar-refractivity contribution in [2.75, 3.05) is 19.7 Å². The van der Waals surface area contributed by atoms with E-state index in [4.69, 9.17) is 9.57 Å². The number of hydrogen-bond acceptors (Lipinski definition) is 5. The normalized spacial score (nSPS) is 23.5. The third-order valence-electron chi connectivity index (χ3n) is 3.94. The van der Waals surface area contributed by atoms with Crippen LogP contribution < -0.4 is 5.32 Å². The summed E-state index contributed by atoms with van der Waals surface area (Å²) in [5.74, 6) is -0.567. The van der Waals surface area contributed by atoms with Crippen molar-refractivity contribution in [1.29, 1.82) is 0 Å². The molecule has 2 saturated heterocycles. The largest absolute Gasteiger partial charge is 0.448 e. The van der Waals surface area contributed by atoms with Gasteiger partial charge in [-0.15, -0.1) is 0 Å². The van der Waals surface area contributed by atoms with Crippen LogP contribution in [0.15, 0.2) is 30.3 Å². The van der Waals surface area contributed by atoms with Crippen LogP contribution in [-0.2, 0) is 25.6 Å². The molecule has 0 aromatic heterocycles. The summed E-state index contributed by atoms with van der Waals surface area (Å²) in [6.07, 6.45) is -1.94. The van der Waals surface area contributed by atoms with Gasteiger partial charge in [-0.05, 0) is 12.5 Å². The molecule has 2 unspecified atom stereocenters. The zero-order valence-corrected chi connectivity index (χ0v) is 13.3. The summed E-state index contributed by atoms with van der Waals surface area (Å²) in [7, 11) is 0. The average Bonchev–Trinajstić information content (AvgIpc) is 2.58. The molecule has 1 N–H and O–H groups in total. The summed E-state index contributed by atoms with van der Waals surface area (Å²) >= 11 is 0. The molecule has 0 aliphatic carbocycles. The SMILES string of the molecule is CCOC(=O)N1OC(Cc2ccccc2)C(=O)N2CC(=O)NCC21. The fraction of sp³-hybridized carbons (Fsp3) is 0.438. The van der Waals surface area contributed by atoms with Crippen molar-refractivity contribution < 1.29 is 24.0 Å². The third kappa shape index (κ3) is 3.18. The van der Waals surface area contributed by atoms with Gasteiger partial charge in [-0.25, -0.2) is 4.79 Å². The maximum absolute atomic E-state index is 12.7. The molecule has 2 aliphatic rings. The lowest BCUT2D eigenvalue weighted by atomic mass is 10.1. The highest BCUT2D eigenvalue weighted by atomic mass is 16.7. The van der Waals surface area contributed by atoms with Crippen LogP contribution in [0.1, 0.15) is 12.5 Å². The standard InChI is InChI=1S/C16H19N3O5/c1-2-23-16(22)19-14-9-17-13(20)10-18(14)15(21)12(24-19)8-11-6-4-3-5-7-11/h3-7,12,14H,2,8-10H2,1H3,(H,17,20). The number of nitrogens with zero attached hydrogens (tertiary/aromatic N) is 2. The molecule has 2 atom stereocenters. The maximum atomic E-state index is 12.7. The number of ether oxygens (including phenoxy) is 1. The number of hydroxylamine groups is 2. The van der Waals surface area contributed by atoms with Gasteiger partial charge in [0.2, 0.25) is 5.91 Å². The molecule has 8 heteroatoms. The van der Waals surface area contributed by atoms with Crippen molar-refractivity contribution in [2.45, 2.75) is 25.6 Å². The van der Waals surface area contributed by atoms with Gasteiger partial charge in [0.15, 0.2) is 12.3 Å². The van der Waals surface area contributed by atoms with Gasteiger partial charge in [0.1, 0.15) is 6.54 Å². The number of fused-ring (bicyclic) bond motifs is 1. The highest BCUT2D eigenvalue weighted by Crippen LogP contribution is 2.23. The van der Waals surface area contributed by atoms with E-state index in [1.807, 2.05) is 30.3 Å². The van der Waals surface area contributed by atoms with E-state index in [0.29, 0.717) is 6.42 Å². The number of amides is 3. The third-order valence-corrected chi connectivity index (χ3v) is 3.94. The van der Waals surface area contributed by atoms with Gasteiger partial charge < -0.3 is 15.0 Å². The summed E-state index contributed by atoms with van der Waals surface area (Å²) in [5, 5.41) is 3.68. The minimum absolute atomic E-state index is 0.103. The topological polar surface area (TPSA) is 88.2 Å². The Morgan fingerprint density at radius 1 is 1.33 bits per heavy atom. The molecule has 3 rings (SSSR count). The van der Waals surface area contributed by atoms with Crippen LogP contribution in [0.4, 0.5) is 4.79 Å². The smallest absolute Gasteiger partial charge is 0.436 e. The van der Waals surface area contributed by atoms with Gasteiger partial charge in [-0.3, -0.25) is 14.4 Å². The molecule has 0 bridgehead atoms. The molecule has 2 heterocycles. The fourth-order valence-electron chi connectivity index (χ4n) is 2.81. The van der Waals surface area contributed by atoms with Crippen molar-refractivity contribution in [3.63, 3.8) is 0 Å². The number of carbonyl (C=O) groups is 3. The zero-order valence-electron chi connectivity index (χ0n) is 13.3. The summed E-state index contributed by atoms with van der Waals surface area (Å²) in [4.78, 5) is 43.5. The number of rotatable bonds is 3. The number of benzene rings is 1. The van der Waals surface area contributed by atoms with Crippen LogP contribution in [-0.4, -0.2) is 59.8 Å². The van der Waals surface area contributed by atoms with Crippen LogP contribution in [0.2, 0.25) is 0 Å². The van der Waals surface area contributed by atoms with Gasteiger partial charge in [-0.1, -0.05) is 30.3 Å². The minimum atomic E-state index is -0.876. The van der Waals surface area contributed by atoms with Gasteiger partial charge >= 0.3 is 6.09 Å². The summed E-state index contributed by atoms with van der Waals surface area (Å²) in [5.41, 5.74) is 0.902. The molecular weight excluding hydrogens is 314 g/mol. The van der Waals surface area contributed by atoms with Crippen molar-refractivity contribution in [3.05, 3.63) is 35.9 Å². The number of piperazine rings is 1. The Bertz CT molecular complexity index is 636. The summed E-state index contributed by atoms with van der Waals surface area (Å²) in [6.45, 7) is 1.89. The van der Waals surface area contributed by atoms with Gasteiger partial charge in [-0.2, -0.15) is 5.06 Å². The van der Waals surface area contributed by atoms with E-state index in [9.17, 15) is 14.4 Å². The first-order valence-electron chi connectivity index (χ1n) is 7.84. The lowest BCUT2D eigenvalue weighted by Gasteiger charge is -2.46. The molecule has 3 amide bonds. The Balaban J connectivity index is 1.83. The Morgan fingerprint density at radius 2 is 2.08 bits per heavy atom. The van der Waals surface area contributed by atoms with Gasteiger partial charge in [0, 0.05) is 6.42 Å². The molecule has 24 heavy (non-hydrogen) atoms. The van der Waals surface area contributed by atoms with E-state index in [1.54, 1.807) is 6.92 Å². The van der Waals surface area contributed by atoms with Crippen molar-refractivity contribution in [1.82, 2.24) is 15.3 Å². The van der Waals surface area contributed by atoms with E-state index in [-0.39, 0.29) is 31.5 Å². The van der Waals surface area contributed by atoms with Crippen LogP contribution in [0.3, 0.4) is 0 Å². The van der Waals surface area contributed by atoms with E-state index < -0.39 is 18.4 Å². The lowest BCUT2D eigenvalue weighted by Crippen LogP contribution is -2.69. The summed E-state index contributed by atoms with van der Waals surface area (Å²) in [6, 6.07) is 9.36. The molecule has 128 valence electrons. The highest BCUT2D eigenvalue weighted by molar-refractivity contribution is 5.89. The minimum Gasteiger partial charge on any atom is -0.448 e. The maximum Gasteiger partial charge on any atom is 0.436 e. The Hall–Kier alpha value is -2.61. The van der Waals surface area contributed by atoms with Crippen molar-refractivity contribution >= 4 is 17.9 Å². The molecule has 0 spiro atoms. The Labute approximate surface area is 139 Å². The first-order chi connectivity index (χ1) is 11.6. The van der Waals surface area contributed by atoms with E-state index in [1.165, 1.54) is 4.90 Å². The molecule has 2 aliphatic heterocycles. The summed E-state index contributed by atoms with van der Waals surface area (Å²) < 4.78 is 5.00. The quantitative estimate of drug-likeness (QED) is 0.859. The number of nitrogens with one attached hydrogen (secondary N) is 1. The molecular formula is C16H19N3O5. The predicted molar refractivity (Wildman–Crippen MR) is 82.4 cm³/mol. The highest BCUT2D eigenvalue weighted by Gasteiger charge is 2.47. The molecule has 2 fully saturated rings. The van der Waals surface area contributed by atoms with Crippen LogP contribution in [0, 0.1) is 0 Å². The number of carbonyl (C=O) groups excluding carboxylic acids is 3. The second-order valence-corrected chi connectivity index (χ2v) is 5.56. The van der Waals surface area contributed by atoms with Crippen molar-refractivity contribution in [2.24, 2.45) is 0 Å². The zero-order chi connectivity index (χ0) is 17.1. The van der Waals surface area contributed by atoms with Crippen LogP contribution >= 0.6 is 0 Å². The first kappa shape index (κ1) is 16.3. The second-order valence-electron chi connectivity index (χ2n) is 5.56. The van der Waals surface area contributed by atoms with E-state index in [0.717, 1.165) is 10.6 Å². The lowest BCUT2D eigenvalue weighted by molar-refractivity contribution is -0.254. The fourth-order valence-corrected chi connectivity index (χ4v) is 2.81. The van der Waals surface area contributed by atoms with E-state index in [2.05, 4.69) is 5.32 Å². The Kier molecular flexibility index (Phi) is 4.66. The van der Waals surface area contributed by atoms with Crippen LogP contribution in [0.25, 0.3) is 0 Å². The van der Waals surface area contributed by atoms with E-state index >= 15 is 0 Å². The molecule has 0 radical (unpaired) electrons.